The van der Waals surface area contributed by atoms with Crippen LogP contribution in [0.2, 0.25) is 0 Å². The van der Waals surface area contributed by atoms with E-state index in [-0.39, 0.29) is 12.7 Å². The Bertz CT molecular complexity index is 509. The second-order valence-electron chi connectivity index (χ2n) is 5.57. The van der Waals surface area contributed by atoms with Gasteiger partial charge in [-0.15, -0.1) is 0 Å². The average molecular weight is 277 g/mol. The molecule has 0 amide bonds. The molecule has 2 aliphatic heterocycles. The molecule has 1 aromatic rings. The summed E-state index contributed by atoms with van der Waals surface area (Å²) < 4.78 is 10.6. The molecule has 5 nitrogen and oxygen atoms in total. The summed E-state index contributed by atoms with van der Waals surface area (Å²) in [5.74, 6) is 0.323. The summed E-state index contributed by atoms with van der Waals surface area (Å²) in [4.78, 5) is 13.9. The monoisotopic (exact) mass is 277 g/mol. The second-order valence-corrected chi connectivity index (χ2v) is 5.57. The van der Waals surface area contributed by atoms with E-state index in [9.17, 15) is 9.90 Å². The van der Waals surface area contributed by atoms with Crippen molar-refractivity contribution in [3.05, 3.63) is 23.8 Å². The zero-order valence-electron chi connectivity index (χ0n) is 11.5. The maximum atomic E-state index is 11.7. The number of nitrogens with zero attached hydrogens (tertiary/aromatic N) is 1. The molecule has 0 saturated carbocycles. The van der Waals surface area contributed by atoms with Crippen molar-refractivity contribution < 1.29 is 19.4 Å². The second kappa shape index (κ2) is 5.32. The highest BCUT2D eigenvalue weighted by Crippen LogP contribution is 2.39. The number of ether oxygens (including phenoxy) is 2. The van der Waals surface area contributed by atoms with Gasteiger partial charge in [-0.1, -0.05) is 6.07 Å². The third-order valence-electron chi connectivity index (χ3n) is 4.26. The van der Waals surface area contributed by atoms with E-state index in [0.717, 1.165) is 31.5 Å². The molecule has 0 spiro atoms. The van der Waals surface area contributed by atoms with Gasteiger partial charge in [0.1, 0.15) is 0 Å². The van der Waals surface area contributed by atoms with Gasteiger partial charge in [-0.2, -0.15) is 0 Å². The molecule has 20 heavy (non-hydrogen) atoms. The van der Waals surface area contributed by atoms with Crippen molar-refractivity contribution in [3.8, 4) is 11.5 Å². The molecule has 3 rings (SSSR count). The SMILES string of the molecule is CN1CCC(C(C(=O)O)c2ccc3c(c2)OCO3)CC1. The minimum absolute atomic E-state index is 0.184. The Morgan fingerprint density at radius 1 is 1.30 bits per heavy atom. The highest BCUT2D eigenvalue weighted by atomic mass is 16.7. The maximum absolute atomic E-state index is 11.7. The van der Waals surface area contributed by atoms with Crippen LogP contribution in [0.15, 0.2) is 18.2 Å². The van der Waals surface area contributed by atoms with Crippen LogP contribution in [0.1, 0.15) is 24.3 Å². The molecule has 2 aliphatic rings. The Kier molecular flexibility index (Phi) is 3.53. The fourth-order valence-electron chi connectivity index (χ4n) is 3.08. The van der Waals surface area contributed by atoms with Gasteiger partial charge in [0.2, 0.25) is 6.79 Å². The van der Waals surface area contributed by atoms with Crippen LogP contribution in [0, 0.1) is 5.92 Å². The largest absolute Gasteiger partial charge is 0.481 e. The quantitative estimate of drug-likeness (QED) is 0.914. The van der Waals surface area contributed by atoms with Gasteiger partial charge in [0.25, 0.3) is 0 Å². The number of carboxylic acid groups (broad SMARTS) is 1. The van der Waals surface area contributed by atoms with Crippen LogP contribution in [0.4, 0.5) is 0 Å². The Balaban J connectivity index is 1.85. The van der Waals surface area contributed by atoms with E-state index in [1.54, 1.807) is 0 Å². The predicted octanol–water partition coefficient (Wildman–Crippen LogP) is 1.93. The van der Waals surface area contributed by atoms with Crippen molar-refractivity contribution in [2.45, 2.75) is 18.8 Å². The van der Waals surface area contributed by atoms with Gasteiger partial charge in [0, 0.05) is 0 Å². The first-order chi connectivity index (χ1) is 9.65. The van der Waals surface area contributed by atoms with Gasteiger partial charge in [0.15, 0.2) is 11.5 Å². The average Bonchev–Trinajstić information content (AvgIpc) is 2.88. The zero-order valence-corrected chi connectivity index (χ0v) is 11.5. The maximum Gasteiger partial charge on any atom is 0.311 e. The number of rotatable bonds is 3. The van der Waals surface area contributed by atoms with E-state index in [2.05, 4.69) is 11.9 Å². The van der Waals surface area contributed by atoms with Crippen molar-refractivity contribution in [2.24, 2.45) is 5.92 Å². The lowest BCUT2D eigenvalue weighted by Gasteiger charge is -2.32. The lowest BCUT2D eigenvalue weighted by molar-refractivity contribution is -0.140. The molecule has 0 aromatic heterocycles. The standard InChI is InChI=1S/C15H19NO4/c1-16-6-4-10(5-7-16)14(15(17)18)11-2-3-12-13(8-11)20-9-19-12/h2-3,8,10,14H,4-7,9H2,1H3,(H,17,18). The van der Waals surface area contributed by atoms with E-state index in [0.29, 0.717) is 11.5 Å². The van der Waals surface area contributed by atoms with Crippen LogP contribution in [0.3, 0.4) is 0 Å². The fourth-order valence-corrected chi connectivity index (χ4v) is 3.08. The van der Waals surface area contributed by atoms with Crippen molar-refractivity contribution in [1.29, 1.82) is 0 Å². The third kappa shape index (κ3) is 2.45. The van der Waals surface area contributed by atoms with Crippen LogP contribution in [0.5, 0.6) is 11.5 Å². The fraction of sp³-hybridized carbons (Fsp3) is 0.533. The Morgan fingerprint density at radius 3 is 2.70 bits per heavy atom. The highest BCUT2D eigenvalue weighted by molar-refractivity contribution is 5.77. The molecule has 1 atom stereocenters. The smallest absolute Gasteiger partial charge is 0.311 e. The summed E-state index contributed by atoms with van der Waals surface area (Å²) in [5, 5.41) is 9.61. The van der Waals surface area contributed by atoms with E-state index in [1.807, 2.05) is 18.2 Å². The molecule has 0 radical (unpaired) electrons. The van der Waals surface area contributed by atoms with Crippen molar-refractivity contribution in [3.63, 3.8) is 0 Å². The number of fused-ring (bicyclic) bond motifs is 1. The van der Waals surface area contributed by atoms with Gasteiger partial charge in [0.05, 0.1) is 5.92 Å². The minimum atomic E-state index is -0.751. The molecule has 2 heterocycles. The van der Waals surface area contributed by atoms with E-state index < -0.39 is 11.9 Å². The number of hydrogen-bond acceptors (Lipinski definition) is 4. The number of aliphatic carboxylic acids is 1. The summed E-state index contributed by atoms with van der Waals surface area (Å²) in [6.07, 6.45) is 1.84. The highest BCUT2D eigenvalue weighted by Gasteiger charge is 2.32. The van der Waals surface area contributed by atoms with Crippen LogP contribution in [-0.4, -0.2) is 42.9 Å². The number of piperidine rings is 1. The number of carboxylic acids is 1. The summed E-state index contributed by atoms with van der Waals surface area (Å²) in [5.41, 5.74) is 0.816. The summed E-state index contributed by atoms with van der Waals surface area (Å²) in [6, 6.07) is 5.48. The molecule has 5 heteroatoms. The van der Waals surface area contributed by atoms with Crippen molar-refractivity contribution in [1.82, 2.24) is 4.90 Å². The van der Waals surface area contributed by atoms with Gasteiger partial charge in [-0.3, -0.25) is 4.79 Å². The lowest BCUT2D eigenvalue weighted by Crippen LogP contribution is -2.34. The molecule has 1 saturated heterocycles. The third-order valence-corrected chi connectivity index (χ3v) is 4.26. The van der Waals surface area contributed by atoms with Gasteiger partial charge in [-0.25, -0.2) is 0 Å². The Labute approximate surface area is 118 Å². The number of benzene rings is 1. The Hall–Kier alpha value is -1.75. The number of hydrogen-bond donors (Lipinski definition) is 1. The zero-order chi connectivity index (χ0) is 14.1. The number of likely N-dealkylation sites (tertiary alicyclic amines) is 1. The van der Waals surface area contributed by atoms with Crippen LogP contribution in [-0.2, 0) is 4.79 Å². The first-order valence-corrected chi connectivity index (χ1v) is 6.96. The molecular weight excluding hydrogens is 258 g/mol. The molecule has 1 N–H and O–H groups in total. The molecule has 1 fully saturated rings. The summed E-state index contributed by atoms with van der Waals surface area (Å²) >= 11 is 0. The predicted molar refractivity (Wildman–Crippen MR) is 73.2 cm³/mol. The topological polar surface area (TPSA) is 59.0 Å². The molecule has 0 bridgehead atoms. The minimum Gasteiger partial charge on any atom is -0.481 e. The molecule has 108 valence electrons. The van der Waals surface area contributed by atoms with Crippen LogP contribution >= 0.6 is 0 Å². The van der Waals surface area contributed by atoms with E-state index in [4.69, 9.17) is 9.47 Å². The first-order valence-electron chi connectivity index (χ1n) is 6.96. The molecule has 1 aromatic carbocycles. The first kappa shape index (κ1) is 13.2. The van der Waals surface area contributed by atoms with E-state index in [1.165, 1.54) is 0 Å². The van der Waals surface area contributed by atoms with Crippen LogP contribution < -0.4 is 9.47 Å². The summed E-state index contributed by atoms with van der Waals surface area (Å²) in [6.45, 7) is 2.13. The van der Waals surface area contributed by atoms with Gasteiger partial charge >= 0.3 is 5.97 Å². The van der Waals surface area contributed by atoms with Crippen LogP contribution in [0.25, 0.3) is 0 Å². The molecule has 1 unspecified atom stereocenters. The van der Waals surface area contributed by atoms with Gasteiger partial charge in [-0.05, 0) is 56.6 Å². The number of carbonyl (C=O) groups is 1. The normalized spacial score (nSPS) is 20.9. The summed E-state index contributed by atoms with van der Waals surface area (Å²) in [7, 11) is 2.08. The van der Waals surface area contributed by atoms with Crippen molar-refractivity contribution >= 4 is 5.97 Å². The molecule has 0 aliphatic carbocycles. The van der Waals surface area contributed by atoms with E-state index >= 15 is 0 Å². The Morgan fingerprint density at radius 2 is 2.00 bits per heavy atom. The molecular formula is C15H19NO4. The lowest BCUT2D eigenvalue weighted by atomic mass is 9.80. The van der Waals surface area contributed by atoms with Gasteiger partial charge < -0.3 is 19.5 Å². The van der Waals surface area contributed by atoms with Crippen molar-refractivity contribution in [2.75, 3.05) is 26.9 Å².